The molecular weight excluding hydrogens is 266 g/mol. The van der Waals surface area contributed by atoms with E-state index in [0.717, 1.165) is 30.9 Å². The van der Waals surface area contributed by atoms with Gasteiger partial charge >= 0.3 is 0 Å². The third-order valence-corrected chi connectivity index (χ3v) is 3.97. The minimum absolute atomic E-state index is 0.287. The Hall–Kier alpha value is -1.11. The second kappa shape index (κ2) is 5.90. The van der Waals surface area contributed by atoms with E-state index in [4.69, 9.17) is 17.3 Å². The van der Waals surface area contributed by atoms with Gasteiger partial charge in [0.1, 0.15) is 6.04 Å². The van der Waals surface area contributed by atoms with Crippen LogP contribution in [0.2, 0.25) is 5.02 Å². The smallest absolute Gasteiger partial charge is 0.236 e. The number of amides is 1. The topological polar surface area (TPSA) is 76.2 Å². The minimum atomic E-state index is -0.304. The number of primary amides is 1. The SMILES string of the molecule is CCc1nn(C)c(CN2CCNCC2C(N)=O)c1Cl. The summed E-state index contributed by atoms with van der Waals surface area (Å²) in [6, 6.07) is -0.287. The van der Waals surface area contributed by atoms with Crippen LogP contribution in [0.4, 0.5) is 0 Å². The molecule has 1 unspecified atom stereocenters. The van der Waals surface area contributed by atoms with Crippen LogP contribution in [0.15, 0.2) is 0 Å². The summed E-state index contributed by atoms with van der Waals surface area (Å²) in [7, 11) is 1.88. The second-order valence-electron chi connectivity index (χ2n) is 4.78. The van der Waals surface area contributed by atoms with Crippen LogP contribution >= 0.6 is 11.6 Å². The van der Waals surface area contributed by atoms with E-state index in [1.807, 2.05) is 14.0 Å². The lowest BCUT2D eigenvalue weighted by atomic mass is 10.1. The maximum Gasteiger partial charge on any atom is 0.236 e. The van der Waals surface area contributed by atoms with Crippen LogP contribution < -0.4 is 11.1 Å². The highest BCUT2D eigenvalue weighted by Crippen LogP contribution is 2.23. The van der Waals surface area contributed by atoms with Gasteiger partial charge in [-0.15, -0.1) is 0 Å². The number of hydrogen-bond acceptors (Lipinski definition) is 4. The van der Waals surface area contributed by atoms with Gasteiger partial charge in [0.15, 0.2) is 0 Å². The molecule has 6 nitrogen and oxygen atoms in total. The third kappa shape index (κ3) is 2.91. The number of nitrogens with two attached hydrogens (primary N) is 1. The first-order valence-electron chi connectivity index (χ1n) is 6.49. The van der Waals surface area contributed by atoms with Gasteiger partial charge in [-0.05, 0) is 6.42 Å². The summed E-state index contributed by atoms with van der Waals surface area (Å²) in [6.07, 6.45) is 0.799. The second-order valence-corrected chi connectivity index (χ2v) is 5.16. The molecule has 0 aliphatic carbocycles. The molecule has 19 heavy (non-hydrogen) atoms. The van der Waals surface area contributed by atoms with E-state index >= 15 is 0 Å². The van der Waals surface area contributed by atoms with Crippen LogP contribution in [-0.4, -0.2) is 46.3 Å². The lowest BCUT2D eigenvalue weighted by molar-refractivity contribution is -0.124. The number of rotatable bonds is 4. The highest BCUT2D eigenvalue weighted by molar-refractivity contribution is 6.31. The average molecular weight is 286 g/mol. The average Bonchev–Trinajstić information content (AvgIpc) is 2.66. The molecule has 1 amide bonds. The fourth-order valence-electron chi connectivity index (χ4n) is 2.40. The summed E-state index contributed by atoms with van der Waals surface area (Å²) >= 11 is 6.33. The first-order valence-corrected chi connectivity index (χ1v) is 6.86. The predicted molar refractivity (Wildman–Crippen MR) is 73.9 cm³/mol. The normalized spacial score (nSPS) is 20.7. The largest absolute Gasteiger partial charge is 0.368 e. The summed E-state index contributed by atoms with van der Waals surface area (Å²) in [4.78, 5) is 13.5. The molecule has 0 radical (unpaired) electrons. The molecule has 0 bridgehead atoms. The van der Waals surface area contributed by atoms with Crippen LogP contribution in [0.25, 0.3) is 0 Å². The number of aryl methyl sites for hydroxylation is 2. The van der Waals surface area contributed by atoms with Gasteiger partial charge in [0, 0.05) is 33.2 Å². The van der Waals surface area contributed by atoms with Crippen molar-refractivity contribution in [2.75, 3.05) is 19.6 Å². The van der Waals surface area contributed by atoms with E-state index < -0.39 is 0 Å². The zero-order chi connectivity index (χ0) is 14.0. The molecule has 0 spiro atoms. The van der Waals surface area contributed by atoms with Crippen molar-refractivity contribution in [2.45, 2.75) is 25.9 Å². The number of carbonyl (C=O) groups excluding carboxylic acids is 1. The number of carbonyl (C=O) groups is 1. The first kappa shape index (κ1) is 14.3. The standard InChI is InChI=1S/C12H20ClN5O/c1-3-8-11(13)10(17(2)16-8)7-18-5-4-15-6-9(18)12(14)19/h9,15H,3-7H2,1-2H3,(H2,14,19). The Balaban J connectivity index is 2.19. The molecule has 1 aliphatic rings. The number of nitrogens with zero attached hydrogens (tertiary/aromatic N) is 3. The van der Waals surface area contributed by atoms with Crippen molar-refractivity contribution in [3.63, 3.8) is 0 Å². The molecule has 1 aromatic heterocycles. The van der Waals surface area contributed by atoms with Gasteiger partial charge in [-0.25, -0.2) is 0 Å². The number of aromatic nitrogens is 2. The maximum absolute atomic E-state index is 11.5. The molecular formula is C12H20ClN5O. The van der Waals surface area contributed by atoms with Crippen molar-refractivity contribution in [3.05, 3.63) is 16.4 Å². The quantitative estimate of drug-likeness (QED) is 0.810. The van der Waals surface area contributed by atoms with E-state index in [0.29, 0.717) is 18.1 Å². The van der Waals surface area contributed by atoms with Gasteiger partial charge in [-0.1, -0.05) is 18.5 Å². The molecule has 1 fully saturated rings. The van der Waals surface area contributed by atoms with E-state index in [1.165, 1.54) is 0 Å². The number of hydrogen-bond donors (Lipinski definition) is 2. The molecule has 106 valence electrons. The van der Waals surface area contributed by atoms with Crippen molar-refractivity contribution in [1.82, 2.24) is 20.0 Å². The van der Waals surface area contributed by atoms with Gasteiger partial charge in [-0.2, -0.15) is 5.10 Å². The van der Waals surface area contributed by atoms with Crippen molar-refractivity contribution >= 4 is 17.5 Å². The van der Waals surface area contributed by atoms with Crippen LogP contribution in [0.3, 0.4) is 0 Å². The zero-order valence-electron chi connectivity index (χ0n) is 11.3. The van der Waals surface area contributed by atoms with Crippen molar-refractivity contribution in [1.29, 1.82) is 0 Å². The van der Waals surface area contributed by atoms with E-state index in [-0.39, 0.29) is 11.9 Å². The Bertz CT molecular complexity index is 473. The van der Waals surface area contributed by atoms with E-state index in [9.17, 15) is 4.79 Å². The van der Waals surface area contributed by atoms with Crippen molar-refractivity contribution in [2.24, 2.45) is 12.8 Å². The molecule has 0 saturated carbocycles. The molecule has 1 atom stereocenters. The Morgan fingerprint density at radius 3 is 2.95 bits per heavy atom. The first-order chi connectivity index (χ1) is 9.04. The van der Waals surface area contributed by atoms with E-state index in [1.54, 1.807) is 4.68 Å². The van der Waals surface area contributed by atoms with Gasteiger partial charge in [0.25, 0.3) is 0 Å². The number of piperazine rings is 1. The molecule has 7 heteroatoms. The monoisotopic (exact) mass is 285 g/mol. The maximum atomic E-state index is 11.5. The molecule has 2 rings (SSSR count). The summed E-state index contributed by atoms with van der Waals surface area (Å²) < 4.78 is 1.79. The zero-order valence-corrected chi connectivity index (χ0v) is 12.1. The summed E-state index contributed by atoms with van der Waals surface area (Å²) in [6.45, 7) is 4.83. The Kier molecular flexibility index (Phi) is 4.44. The Labute approximate surface area is 117 Å². The van der Waals surface area contributed by atoms with Crippen molar-refractivity contribution < 1.29 is 4.79 Å². The molecule has 0 aromatic carbocycles. The highest BCUT2D eigenvalue weighted by atomic mass is 35.5. The number of nitrogens with one attached hydrogen (secondary N) is 1. The Morgan fingerprint density at radius 2 is 2.37 bits per heavy atom. The van der Waals surface area contributed by atoms with Crippen LogP contribution in [-0.2, 0) is 24.8 Å². The van der Waals surface area contributed by atoms with Gasteiger partial charge in [0.05, 0.1) is 16.4 Å². The minimum Gasteiger partial charge on any atom is -0.368 e. The molecule has 2 heterocycles. The molecule has 1 aliphatic heterocycles. The van der Waals surface area contributed by atoms with Gasteiger partial charge in [0.2, 0.25) is 5.91 Å². The molecule has 1 saturated heterocycles. The Morgan fingerprint density at radius 1 is 1.63 bits per heavy atom. The molecule has 1 aromatic rings. The fourth-order valence-corrected chi connectivity index (χ4v) is 2.75. The summed E-state index contributed by atoms with van der Waals surface area (Å²) in [5.74, 6) is -0.304. The summed E-state index contributed by atoms with van der Waals surface area (Å²) in [5.41, 5.74) is 7.27. The number of halogens is 1. The summed E-state index contributed by atoms with van der Waals surface area (Å²) in [5, 5.41) is 8.27. The van der Waals surface area contributed by atoms with Crippen LogP contribution in [0.5, 0.6) is 0 Å². The van der Waals surface area contributed by atoms with Crippen LogP contribution in [0, 0.1) is 0 Å². The highest BCUT2D eigenvalue weighted by Gasteiger charge is 2.28. The fraction of sp³-hybridized carbons (Fsp3) is 0.667. The molecule has 3 N–H and O–H groups in total. The van der Waals surface area contributed by atoms with Gasteiger partial charge in [-0.3, -0.25) is 14.4 Å². The van der Waals surface area contributed by atoms with E-state index in [2.05, 4.69) is 15.3 Å². The lowest BCUT2D eigenvalue weighted by Crippen LogP contribution is -2.56. The third-order valence-electron chi connectivity index (χ3n) is 3.54. The lowest BCUT2D eigenvalue weighted by Gasteiger charge is -2.34. The van der Waals surface area contributed by atoms with Gasteiger partial charge < -0.3 is 11.1 Å². The van der Waals surface area contributed by atoms with Crippen LogP contribution in [0.1, 0.15) is 18.3 Å². The predicted octanol–water partition coefficient (Wildman–Crippen LogP) is -0.105. The van der Waals surface area contributed by atoms with Crippen molar-refractivity contribution in [3.8, 4) is 0 Å².